The Morgan fingerprint density at radius 2 is 1.70 bits per heavy atom. The standard InChI is InChI=1S/C52H62N4O8/c1-24(44(60)61)43(59)51(63)30-16-13-26-20-27-22-50(62)32(15-12-25-10-8-7-9-11-25)41-46(2,3)34(57)18-19-47(41,4)39-40(58)31-17-14-28-21-29(36(51)33(23-55-28)56-45(53)54)37-38(35(26)30)52(27,64)49(6,42(39)50)48(31,37)5/h7-12,15-16,22,28-29,31-33,36-38,41,55,59,62-64H,13-14,17-21,23H2,1-6H3,(H,60,61)(H4,53,54,56)/b15-12+,43-24-/t28-,29+,31-,32-,33-,36-,37-,38+,41+,47+,48+,49-,50+,51-,52-/m0/s1. The lowest BCUT2D eigenvalue weighted by atomic mass is 9.33. The number of nitrogens with two attached hydrogens (primary N) is 2. The van der Waals surface area contributed by atoms with Crippen LogP contribution in [0.4, 0.5) is 0 Å². The Balaban J connectivity index is 1.28. The summed E-state index contributed by atoms with van der Waals surface area (Å²) in [4.78, 5) is 48.3. The lowest BCUT2D eigenvalue weighted by molar-refractivity contribution is -0.175. The number of hydrogen-bond donors (Lipinski definition) is 8. The topological polar surface area (TPSA) is 229 Å². The second kappa shape index (κ2) is 12.8. The van der Waals surface area contributed by atoms with Gasteiger partial charge in [0, 0.05) is 64.5 Å². The number of hydrogen-bond acceptors (Lipinski definition) is 9. The lowest BCUT2D eigenvalue weighted by Gasteiger charge is -2.70. The molecule has 11 rings (SSSR count). The summed E-state index contributed by atoms with van der Waals surface area (Å²) < 4.78 is 0. The molecule has 9 aliphatic carbocycles. The molecule has 0 radical (unpaired) electrons. The van der Waals surface area contributed by atoms with Gasteiger partial charge in [-0.25, -0.2) is 9.79 Å². The molecule has 0 unspecified atom stereocenters. The Morgan fingerprint density at radius 3 is 2.39 bits per heavy atom. The Hall–Kier alpha value is -4.62. The molecule has 1 aliphatic heterocycles. The van der Waals surface area contributed by atoms with Crippen molar-refractivity contribution >= 4 is 29.6 Å². The number of benzene rings is 1. The number of ketones is 2. The van der Waals surface area contributed by atoms with Gasteiger partial charge in [-0.3, -0.25) is 9.59 Å². The molecule has 10 aliphatic rings. The minimum Gasteiger partial charge on any atom is -0.508 e. The number of carbonyl (C=O) groups excluding carboxylic acids is 2. The largest absolute Gasteiger partial charge is 0.508 e. The number of carbonyl (C=O) groups is 3. The molecule has 0 aromatic heterocycles. The monoisotopic (exact) mass is 870 g/mol. The van der Waals surface area contributed by atoms with Crippen molar-refractivity contribution in [3.63, 3.8) is 0 Å². The SMILES string of the molecule is C/C(C(=O)O)=C(/O)[C@]1(O)C2=CCC3=C2[C@@H]2[C@@H]4[C@@H]5C[C@H](CC[C@H]6C(=O)C7=C8[C@@](C)([C@@]46C)[C@]2(O)C(=C[C@@]8(O)[C@@H](/C=C/c2ccccc2)[C@@H]2C(C)(C)C(=O)CC[C@]72C)C3)NC[C@H](N=C(N)N)[C@H]51. The first kappa shape index (κ1) is 42.0. The van der Waals surface area contributed by atoms with Crippen LogP contribution in [-0.2, 0) is 14.4 Å². The van der Waals surface area contributed by atoms with Crippen LogP contribution in [0.25, 0.3) is 6.08 Å². The van der Waals surface area contributed by atoms with Crippen molar-refractivity contribution in [3.8, 4) is 0 Å². The fraction of sp³-hybridized carbons (Fsp3) is 0.577. The van der Waals surface area contributed by atoms with E-state index in [0.29, 0.717) is 60.0 Å². The molecule has 1 saturated heterocycles. The van der Waals surface area contributed by atoms with Gasteiger partial charge in [-0.2, -0.15) is 0 Å². The number of guanidine groups is 1. The molecule has 15 atom stereocenters. The molecule has 2 bridgehead atoms. The number of aliphatic hydroxyl groups excluding tert-OH is 1. The lowest BCUT2D eigenvalue weighted by Crippen LogP contribution is -2.72. The molecule has 4 saturated carbocycles. The van der Waals surface area contributed by atoms with Gasteiger partial charge in [-0.15, -0.1) is 0 Å². The van der Waals surface area contributed by atoms with Crippen LogP contribution in [0.2, 0.25) is 0 Å². The number of rotatable bonds is 5. The van der Waals surface area contributed by atoms with Crippen LogP contribution in [0.5, 0.6) is 0 Å². The van der Waals surface area contributed by atoms with Crippen molar-refractivity contribution < 1.29 is 39.9 Å². The summed E-state index contributed by atoms with van der Waals surface area (Å²) in [5.41, 5.74) is 6.82. The van der Waals surface area contributed by atoms with Crippen LogP contribution in [0.15, 0.2) is 98.3 Å². The second-order valence-electron chi connectivity index (χ2n) is 22.5. The Kier molecular flexibility index (Phi) is 8.43. The predicted octanol–water partition coefficient (Wildman–Crippen LogP) is 5.22. The summed E-state index contributed by atoms with van der Waals surface area (Å²) in [5, 5.41) is 69.3. The maximum absolute atomic E-state index is 16.5. The molecule has 0 spiro atoms. The van der Waals surface area contributed by atoms with Crippen molar-refractivity contribution in [3.05, 3.63) is 98.9 Å². The van der Waals surface area contributed by atoms with Crippen molar-refractivity contribution in [1.82, 2.24) is 5.32 Å². The van der Waals surface area contributed by atoms with E-state index in [4.69, 9.17) is 16.5 Å². The van der Waals surface area contributed by atoms with Crippen molar-refractivity contribution in [2.45, 2.75) is 115 Å². The number of nitrogens with one attached hydrogen (secondary N) is 1. The van der Waals surface area contributed by atoms with E-state index >= 15 is 4.79 Å². The Labute approximate surface area is 374 Å². The molecule has 12 heteroatoms. The Bertz CT molecular complexity index is 2600. The third-order valence-corrected chi connectivity index (χ3v) is 19.9. The predicted molar refractivity (Wildman–Crippen MR) is 240 cm³/mol. The number of aliphatic carboxylic acids is 1. The van der Waals surface area contributed by atoms with Crippen LogP contribution >= 0.6 is 0 Å². The van der Waals surface area contributed by atoms with Crippen molar-refractivity contribution in [1.29, 1.82) is 0 Å². The molecular weight excluding hydrogens is 809 g/mol. The molecular formula is C52H62N4O8. The first-order valence-electron chi connectivity index (χ1n) is 23.4. The van der Waals surface area contributed by atoms with Gasteiger partial charge in [0.05, 0.1) is 11.6 Å². The smallest absolute Gasteiger partial charge is 0.334 e. The van der Waals surface area contributed by atoms with Crippen LogP contribution in [0, 0.1) is 63.1 Å². The zero-order valence-corrected chi connectivity index (χ0v) is 37.6. The highest BCUT2D eigenvalue weighted by Crippen LogP contribution is 2.85. The molecule has 5 fully saturated rings. The zero-order valence-electron chi connectivity index (χ0n) is 37.6. The molecule has 10 N–H and O–H groups in total. The Morgan fingerprint density at radius 1 is 0.984 bits per heavy atom. The minimum atomic E-state index is -2.29. The number of aliphatic hydroxyl groups is 4. The summed E-state index contributed by atoms with van der Waals surface area (Å²) in [6.07, 6.45) is 10.7. The molecule has 1 aromatic carbocycles. The molecule has 0 amide bonds. The van der Waals surface area contributed by atoms with E-state index in [2.05, 4.69) is 32.2 Å². The quantitative estimate of drug-likeness (QED) is 0.0629. The molecule has 64 heavy (non-hydrogen) atoms. The average Bonchev–Trinajstić information content (AvgIpc) is 3.61. The van der Waals surface area contributed by atoms with Gasteiger partial charge in [0.1, 0.15) is 22.7 Å². The van der Waals surface area contributed by atoms with E-state index in [1.54, 1.807) is 0 Å². The summed E-state index contributed by atoms with van der Waals surface area (Å²) in [7, 11) is 0. The van der Waals surface area contributed by atoms with Gasteiger partial charge in [0.15, 0.2) is 17.3 Å². The van der Waals surface area contributed by atoms with E-state index in [0.717, 1.165) is 11.1 Å². The number of fused-ring (bicyclic) bond motifs is 3. The third-order valence-electron chi connectivity index (χ3n) is 19.9. The second-order valence-corrected chi connectivity index (χ2v) is 22.5. The molecule has 1 aromatic rings. The first-order chi connectivity index (χ1) is 30.0. The number of carboxylic acids is 1. The maximum atomic E-state index is 16.5. The zero-order chi connectivity index (χ0) is 45.6. The highest BCUT2D eigenvalue weighted by Gasteiger charge is 2.87. The van der Waals surface area contributed by atoms with Gasteiger partial charge in [-0.05, 0) is 103 Å². The highest BCUT2D eigenvalue weighted by atomic mass is 16.4. The number of allylic oxidation sites excluding steroid dienone is 3. The van der Waals surface area contributed by atoms with Crippen molar-refractivity contribution in [2.75, 3.05) is 6.54 Å². The van der Waals surface area contributed by atoms with E-state index in [9.17, 15) is 35.1 Å². The summed E-state index contributed by atoms with van der Waals surface area (Å²) >= 11 is 0. The van der Waals surface area contributed by atoms with Gasteiger partial charge < -0.3 is 42.3 Å². The van der Waals surface area contributed by atoms with E-state index < -0.39 is 103 Å². The van der Waals surface area contributed by atoms with Gasteiger partial charge in [-0.1, -0.05) is 88.8 Å². The number of nitrogens with zero attached hydrogens (tertiary/aromatic N) is 1. The maximum Gasteiger partial charge on any atom is 0.334 e. The normalized spacial score (nSPS) is 46.9. The van der Waals surface area contributed by atoms with E-state index in [-0.39, 0.29) is 43.0 Å². The fourth-order valence-electron chi connectivity index (χ4n) is 17.6. The third kappa shape index (κ3) is 4.54. The van der Waals surface area contributed by atoms with Gasteiger partial charge in [0.2, 0.25) is 0 Å². The summed E-state index contributed by atoms with van der Waals surface area (Å²) in [5.74, 6) is -6.87. The number of aliphatic imine (C=N–C) groups is 1. The summed E-state index contributed by atoms with van der Waals surface area (Å²) in [6, 6.07) is 8.86. The minimum absolute atomic E-state index is 0.0491. The number of Topliss-reactive ketones (excluding diaryl/α,β-unsaturated/α-hetero) is 2. The first-order valence-corrected chi connectivity index (χ1v) is 23.4. The van der Waals surface area contributed by atoms with Crippen LogP contribution in [-0.4, -0.2) is 84.5 Å². The van der Waals surface area contributed by atoms with Gasteiger partial charge in [0.25, 0.3) is 0 Å². The molecule has 1 heterocycles. The van der Waals surface area contributed by atoms with E-state index in [1.807, 2.05) is 62.4 Å². The van der Waals surface area contributed by atoms with Crippen LogP contribution in [0.3, 0.4) is 0 Å². The average molecular weight is 871 g/mol. The van der Waals surface area contributed by atoms with Crippen LogP contribution in [0.1, 0.15) is 92.1 Å². The molecule has 338 valence electrons. The summed E-state index contributed by atoms with van der Waals surface area (Å²) in [6.45, 7) is 11.8. The van der Waals surface area contributed by atoms with Crippen LogP contribution < -0.4 is 16.8 Å². The fourth-order valence-corrected chi connectivity index (χ4v) is 17.6. The number of carboxylic acid groups (broad SMARTS) is 1. The van der Waals surface area contributed by atoms with E-state index in [1.165, 1.54) is 6.92 Å². The molecule has 12 nitrogen and oxygen atoms in total. The van der Waals surface area contributed by atoms with Gasteiger partial charge >= 0.3 is 5.97 Å². The van der Waals surface area contributed by atoms with Crippen molar-refractivity contribution in [2.24, 2.45) is 79.5 Å². The highest BCUT2D eigenvalue weighted by molar-refractivity contribution is 6.04.